The first-order valence-corrected chi connectivity index (χ1v) is 5.27. The normalized spacial score (nSPS) is 24.8. The Morgan fingerprint density at radius 3 is 1.88 bits per heavy atom. The molecule has 0 aliphatic carbocycles. The van der Waals surface area contributed by atoms with Crippen molar-refractivity contribution >= 4 is 5.97 Å². The van der Waals surface area contributed by atoms with Crippen molar-refractivity contribution in [1.82, 2.24) is 5.32 Å². The molecule has 0 atom stereocenters. The lowest BCUT2D eigenvalue weighted by atomic mass is 9.92. The summed E-state index contributed by atoms with van der Waals surface area (Å²) in [5.74, 6) is -2.76. The van der Waals surface area contributed by atoms with Gasteiger partial charge in [0.05, 0.1) is 11.2 Å². The third-order valence-electron chi connectivity index (χ3n) is 2.81. The van der Waals surface area contributed by atoms with E-state index in [1.807, 2.05) is 0 Å². The number of alkyl halides is 3. The third-order valence-corrected chi connectivity index (χ3v) is 2.81. The maximum atomic E-state index is 10.6. The Balaban J connectivity index is 0.000000185. The largest absolute Gasteiger partial charge is 0.490 e. The second kappa shape index (κ2) is 4.45. The van der Waals surface area contributed by atoms with Crippen LogP contribution < -0.4 is 5.32 Å². The zero-order chi connectivity index (χ0) is 13.3. The number of nitrogens with one attached hydrogen (secondary N) is 1. The fourth-order valence-electron chi connectivity index (χ4n) is 1.87. The summed E-state index contributed by atoms with van der Waals surface area (Å²) in [4.78, 5) is 8.90. The maximum Gasteiger partial charge on any atom is 0.490 e. The minimum Gasteiger partial charge on any atom is -0.475 e. The predicted octanol–water partition coefficient (Wildman–Crippen LogP) is 1.55. The van der Waals surface area contributed by atoms with E-state index in [0.717, 1.165) is 13.1 Å². The summed E-state index contributed by atoms with van der Waals surface area (Å²) in [7, 11) is 0. The van der Waals surface area contributed by atoms with E-state index in [1.165, 1.54) is 12.8 Å². The molecule has 100 valence electrons. The molecule has 0 saturated carbocycles. The number of carboxylic acid groups (broad SMARTS) is 1. The van der Waals surface area contributed by atoms with Crippen LogP contribution in [0.3, 0.4) is 0 Å². The molecule has 0 aromatic carbocycles. The number of carboxylic acids is 1. The summed E-state index contributed by atoms with van der Waals surface area (Å²) >= 11 is 0. The van der Waals surface area contributed by atoms with E-state index >= 15 is 0 Å². The van der Waals surface area contributed by atoms with Crippen LogP contribution in [0.15, 0.2) is 0 Å². The Labute approximate surface area is 97.1 Å². The maximum absolute atomic E-state index is 10.6. The van der Waals surface area contributed by atoms with E-state index in [9.17, 15) is 13.2 Å². The molecule has 0 amide bonds. The zero-order valence-electron chi connectivity index (χ0n) is 9.73. The van der Waals surface area contributed by atoms with Gasteiger partial charge in [0.15, 0.2) is 0 Å². The highest BCUT2D eigenvalue weighted by Gasteiger charge is 2.47. The monoisotopic (exact) mass is 255 g/mol. The second-order valence-corrected chi connectivity index (χ2v) is 4.95. The molecule has 2 rings (SSSR count). The average Bonchev–Trinajstić information content (AvgIpc) is 2.41. The van der Waals surface area contributed by atoms with E-state index in [0.29, 0.717) is 0 Å². The summed E-state index contributed by atoms with van der Waals surface area (Å²) in [6, 6.07) is 0. The molecule has 0 unspecified atom stereocenters. The highest BCUT2D eigenvalue weighted by atomic mass is 19.4. The van der Waals surface area contributed by atoms with Gasteiger partial charge in [0.1, 0.15) is 0 Å². The van der Waals surface area contributed by atoms with Gasteiger partial charge in [0.25, 0.3) is 0 Å². The van der Waals surface area contributed by atoms with E-state index < -0.39 is 12.1 Å². The molecule has 0 radical (unpaired) electrons. The first-order chi connectivity index (χ1) is 7.56. The quantitative estimate of drug-likeness (QED) is 0.689. The van der Waals surface area contributed by atoms with Gasteiger partial charge >= 0.3 is 12.1 Å². The molecule has 2 fully saturated rings. The molecule has 0 bridgehead atoms. The lowest BCUT2D eigenvalue weighted by Gasteiger charge is -2.40. The lowest BCUT2D eigenvalue weighted by Crippen LogP contribution is -2.59. The summed E-state index contributed by atoms with van der Waals surface area (Å²) < 4.78 is 37.6. The first kappa shape index (κ1) is 14.2. The molecule has 1 spiro atoms. The third kappa shape index (κ3) is 3.85. The molecule has 0 aromatic rings. The molecular weight excluding hydrogens is 239 g/mol. The van der Waals surface area contributed by atoms with Gasteiger partial charge < -0.3 is 15.2 Å². The molecule has 2 saturated heterocycles. The topological polar surface area (TPSA) is 58.6 Å². The molecule has 2 heterocycles. The molecule has 7 heteroatoms. The number of aliphatic carboxylic acids is 1. The summed E-state index contributed by atoms with van der Waals surface area (Å²) in [5, 5.41) is 10.4. The van der Waals surface area contributed by atoms with Crippen molar-refractivity contribution in [2.24, 2.45) is 0 Å². The van der Waals surface area contributed by atoms with E-state index in [1.54, 1.807) is 0 Å². The lowest BCUT2D eigenvalue weighted by molar-refractivity contribution is -0.192. The van der Waals surface area contributed by atoms with Gasteiger partial charge in [-0.3, -0.25) is 0 Å². The number of hydrogen-bond donors (Lipinski definition) is 2. The Bertz CT molecular complexity index is 298. The summed E-state index contributed by atoms with van der Waals surface area (Å²) in [6.45, 7) is 6.49. The van der Waals surface area contributed by atoms with Gasteiger partial charge in [-0.1, -0.05) is 0 Å². The van der Waals surface area contributed by atoms with Gasteiger partial charge in [-0.2, -0.15) is 13.2 Å². The van der Waals surface area contributed by atoms with Crippen LogP contribution in [0.4, 0.5) is 13.2 Å². The van der Waals surface area contributed by atoms with Crippen LogP contribution in [0.25, 0.3) is 0 Å². The van der Waals surface area contributed by atoms with Crippen LogP contribution in [0.2, 0.25) is 0 Å². The van der Waals surface area contributed by atoms with Crippen LogP contribution in [-0.2, 0) is 9.53 Å². The molecule has 2 aliphatic rings. The number of hydrogen-bond acceptors (Lipinski definition) is 3. The Kier molecular flexibility index (Phi) is 3.73. The summed E-state index contributed by atoms with van der Waals surface area (Å²) in [5.41, 5.74) is 0.381. The van der Waals surface area contributed by atoms with Crippen molar-refractivity contribution in [2.75, 3.05) is 13.1 Å². The summed E-state index contributed by atoms with van der Waals surface area (Å²) in [6.07, 6.45) is -2.62. The fourth-order valence-corrected chi connectivity index (χ4v) is 1.87. The highest BCUT2D eigenvalue weighted by Crippen LogP contribution is 2.39. The first-order valence-electron chi connectivity index (χ1n) is 5.27. The van der Waals surface area contributed by atoms with Crippen LogP contribution >= 0.6 is 0 Å². The van der Waals surface area contributed by atoms with Crippen molar-refractivity contribution in [3.05, 3.63) is 0 Å². The molecule has 0 aromatic heterocycles. The number of rotatable bonds is 0. The van der Waals surface area contributed by atoms with Crippen LogP contribution in [0, 0.1) is 0 Å². The van der Waals surface area contributed by atoms with E-state index in [4.69, 9.17) is 14.6 Å². The molecule has 4 nitrogen and oxygen atoms in total. The second-order valence-electron chi connectivity index (χ2n) is 4.95. The molecule has 2 aliphatic heterocycles. The molecule has 2 N–H and O–H groups in total. The van der Waals surface area contributed by atoms with Gasteiger partial charge in [-0.25, -0.2) is 4.79 Å². The fraction of sp³-hybridized carbons (Fsp3) is 0.900. The SMILES string of the molecule is CC1(C)CCC2(CNC2)O1.O=C(O)C(F)(F)F. The van der Waals surface area contributed by atoms with Gasteiger partial charge in [0.2, 0.25) is 0 Å². The minimum atomic E-state index is -5.08. The molecule has 17 heavy (non-hydrogen) atoms. The van der Waals surface area contributed by atoms with Gasteiger partial charge in [-0.05, 0) is 26.7 Å². The van der Waals surface area contributed by atoms with E-state index in [2.05, 4.69) is 19.2 Å². The van der Waals surface area contributed by atoms with Crippen molar-refractivity contribution in [1.29, 1.82) is 0 Å². The van der Waals surface area contributed by atoms with Gasteiger partial charge in [-0.15, -0.1) is 0 Å². The van der Waals surface area contributed by atoms with Crippen molar-refractivity contribution in [3.63, 3.8) is 0 Å². The van der Waals surface area contributed by atoms with Gasteiger partial charge in [0, 0.05) is 13.1 Å². The van der Waals surface area contributed by atoms with Crippen molar-refractivity contribution in [3.8, 4) is 0 Å². The van der Waals surface area contributed by atoms with Crippen LogP contribution in [0.1, 0.15) is 26.7 Å². The van der Waals surface area contributed by atoms with Crippen molar-refractivity contribution < 1.29 is 27.8 Å². The Morgan fingerprint density at radius 1 is 1.29 bits per heavy atom. The minimum absolute atomic E-state index is 0.141. The molecular formula is C10H16F3NO3. The zero-order valence-corrected chi connectivity index (χ0v) is 9.73. The Hall–Kier alpha value is -0.820. The number of carbonyl (C=O) groups is 1. The Morgan fingerprint density at radius 2 is 1.76 bits per heavy atom. The average molecular weight is 255 g/mol. The highest BCUT2D eigenvalue weighted by molar-refractivity contribution is 5.73. The van der Waals surface area contributed by atoms with E-state index in [-0.39, 0.29) is 11.2 Å². The number of halogens is 3. The van der Waals surface area contributed by atoms with Crippen molar-refractivity contribution in [2.45, 2.75) is 44.1 Å². The van der Waals surface area contributed by atoms with Crippen LogP contribution in [-0.4, -0.2) is 41.5 Å². The standard InChI is InChI=1S/C8H15NO.C2HF3O2/c1-7(2)3-4-8(10-7)5-9-6-8;3-2(4,5)1(6)7/h9H,3-6H2,1-2H3;(H,6,7). The smallest absolute Gasteiger partial charge is 0.475 e. The predicted molar refractivity (Wildman–Crippen MR) is 53.7 cm³/mol. The number of ether oxygens (including phenoxy) is 1. The van der Waals surface area contributed by atoms with Crippen LogP contribution in [0.5, 0.6) is 0 Å².